The van der Waals surface area contributed by atoms with Crippen LogP contribution in [-0.2, 0) is 22.5 Å². The van der Waals surface area contributed by atoms with Crippen molar-refractivity contribution in [3.63, 3.8) is 0 Å². The predicted molar refractivity (Wildman–Crippen MR) is 99.0 cm³/mol. The zero-order valence-electron chi connectivity index (χ0n) is 16.2. The molecule has 4 heterocycles. The van der Waals surface area contributed by atoms with Gasteiger partial charge in [-0.3, -0.25) is 4.68 Å². The van der Waals surface area contributed by atoms with Gasteiger partial charge in [0.2, 0.25) is 0 Å². The molecule has 28 heavy (non-hydrogen) atoms. The van der Waals surface area contributed by atoms with Crippen molar-refractivity contribution in [3.8, 4) is 11.4 Å². The average molecular weight is 392 g/mol. The molecule has 4 rings (SSSR count). The van der Waals surface area contributed by atoms with Gasteiger partial charge in [-0.15, -0.1) is 0 Å². The number of nitrogens with one attached hydrogen (secondary N) is 1. The second kappa shape index (κ2) is 5.84. The number of aromatic nitrogens is 4. The standard InChI is InChI=1S/C18H20BF3N4O2/c1-16(2)17(3,4)28-19(27-16)15-8-12-10(24-15)6-7-11(23-12)13-9-14(18(20,21)22)25-26(13)5/h6-9,24H,1-5H3. The molecule has 10 heteroatoms. The van der Waals surface area contributed by atoms with Gasteiger partial charge in [0.1, 0.15) is 0 Å². The highest BCUT2D eigenvalue weighted by Gasteiger charge is 2.52. The number of pyridine rings is 1. The van der Waals surface area contributed by atoms with Crippen LogP contribution < -0.4 is 5.59 Å². The van der Waals surface area contributed by atoms with Gasteiger partial charge >= 0.3 is 13.3 Å². The number of nitrogens with zero attached hydrogens (tertiary/aromatic N) is 3. The number of hydrogen-bond donors (Lipinski definition) is 1. The molecule has 1 aliphatic heterocycles. The van der Waals surface area contributed by atoms with E-state index >= 15 is 0 Å². The second-order valence-corrected chi connectivity index (χ2v) is 7.98. The normalized spacial score (nSPS) is 18.9. The van der Waals surface area contributed by atoms with Gasteiger partial charge in [-0.2, -0.15) is 18.3 Å². The maximum Gasteiger partial charge on any atom is 0.512 e. The summed E-state index contributed by atoms with van der Waals surface area (Å²) in [4.78, 5) is 7.72. The molecule has 6 nitrogen and oxygen atoms in total. The third-order valence-corrected chi connectivity index (χ3v) is 5.44. The molecule has 148 valence electrons. The van der Waals surface area contributed by atoms with Crippen LogP contribution in [-0.4, -0.2) is 38.1 Å². The summed E-state index contributed by atoms with van der Waals surface area (Å²) in [5.41, 5.74) is 0.846. The maximum absolute atomic E-state index is 12.9. The minimum Gasteiger partial charge on any atom is -0.398 e. The topological polar surface area (TPSA) is 65.0 Å². The Morgan fingerprint density at radius 3 is 2.29 bits per heavy atom. The zero-order valence-corrected chi connectivity index (χ0v) is 16.2. The van der Waals surface area contributed by atoms with E-state index in [2.05, 4.69) is 15.1 Å². The summed E-state index contributed by atoms with van der Waals surface area (Å²) >= 11 is 0. The molecule has 0 saturated carbocycles. The Hall–Kier alpha value is -2.33. The first-order valence-electron chi connectivity index (χ1n) is 8.84. The van der Waals surface area contributed by atoms with Crippen LogP contribution in [0.15, 0.2) is 24.3 Å². The monoisotopic (exact) mass is 392 g/mol. The lowest BCUT2D eigenvalue weighted by Crippen LogP contribution is -2.41. The summed E-state index contributed by atoms with van der Waals surface area (Å²) in [7, 11) is 0.889. The molecule has 3 aromatic rings. The van der Waals surface area contributed by atoms with Crippen molar-refractivity contribution in [2.75, 3.05) is 0 Å². The van der Waals surface area contributed by atoms with E-state index in [1.807, 2.05) is 27.7 Å². The molecule has 0 unspecified atom stereocenters. The second-order valence-electron chi connectivity index (χ2n) is 7.98. The quantitative estimate of drug-likeness (QED) is 0.680. The highest BCUT2D eigenvalue weighted by atomic mass is 19.4. The Kier molecular flexibility index (Phi) is 3.96. The minimum atomic E-state index is -4.50. The molecule has 1 saturated heterocycles. The smallest absolute Gasteiger partial charge is 0.398 e. The summed E-state index contributed by atoms with van der Waals surface area (Å²) in [6.07, 6.45) is -4.50. The number of H-pyrrole nitrogens is 1. The summed E-state index contributed by atoms with van der Waals surface area (Å²) in [5, 5.41) is 3.54. The summed E-state index contributed by atoms with van der Waals surface area (Å²) < 4.78 is 52.0. The Morgan fingerprint density at radius 2 is 1.71 bits per heavy atom. The number of hydrogen-bond acceptors (Lipinski definition) is 4. The fourth-order valence-corrected chi connectivity index (χ4v) is 3.11. The first kappa shape index (κ1) is 19.0. The van der Waals surface area contributed by atoms with Crippen molar-refractivity contribution in [1.29, 1.82) is 0 Å². The Bertz CT molecular complexity index is 1040. The van der Waals surface area contributed by atoms with E-state index in [9.17, 15) is 13.2 Å². The molecule has 1 N–H and O–H groups in total. The highest BCUT2D eigenvalue weighted by molar-refractivity contribution is 6.61. The van der Waals surface area contributed by atoms with E-state index in [-0.39, 0.29) is 5.69 Å². The number of alkyl halides is 3. The predicted octanol–water partition coefficient (Wildman–Crippen LogP) is 3.28. The third kappa shape index (κ3) is 3.00. The SMILES string of the molecule is Cn1nc(C(F)(F)F)cc1-c1ccc2[nH]c(B3OC(C)(C)C(C)(C)O3)cc2n1. The van der Waals surface area contributed by atoms with Crippen LogP contribution in [0.5, 0.6) is 0 Å². The first-order chi connectivity index (χ1) is 12.9. The number of fused-ring (bicyclic) bond motifs is 1. The van der Waals surface area contributed by atoms with Gasteiger partial charge < -0.3 is 14.3 Å². The zero-order chi connectivity index (χ0) is 20.5. The molecule has 3 aromatic heterocycles. The number of rotatable bonds is 2. The summed E-state index contributed by atoms with van der Waals surface area (Å²) in [6, 6.07) is 6.22. The molecule has 0 aromatic carbocycles. The minimum absolute atomic E-state index is 0.285. The fraction of sp³-hybridized carbons (Fsp3) is 0.444. The molecule has 0 atom stereocenters. The van der Waals surface area contributed by atoms with Crippen LogP contribution in [0, 0.1) is 0 Å². The molecule has 0 radical (unpaired) electrons. The molecule has 0 amide bonds. The van der Waals surface area contributed by atoms with E-state index in [1.54, 1.807) is 18.2 Å². The van der Waals surface area contributed by atoms with Gasteiger partial charge in [-0.05, 0) is 52.0 Å². The molecular weight excluding hydrogens is 372 g/mol. The largest absolute Gasteiger partial charge is 0.512 e. The van der Waals surface area contributed by atoms with E-state index < -0.39 is 30.2 Å². The van der Waals surface area contributed by atoms with Gasteiger partial charge in [-0.25, -0.2) is 4.98 Å². The van der Waals surface area contributed by atoms with Gasteiger partial charge in [-0.1, -0.05) is 0 Å². The fourth-order valence-electron chi connectivity index (χ4n) is 3.11. The van der Waals surface area contributed by atoms with E-state index in [0.29, 0.717) is 16.8 Å². The number of aryl methyl sites for hydroxylation is 1. The average Bonchev–Trinajstić information content (AvgIpc) is 3.20. The van der Waals surface area contributed by atoms with E-state index in [4.69, 9.17) is 9.31 Å². The van der Waals surface area contributed by atoms with E-state index in [1.165, 1.54) is 11.7 Å². The highest BCUT2D eigenvalue weighted by Crippen LogP contribution is 2.36. The summed E-state index contributed by atoms with van der Waals surface area (Å²) in [6.45, 7) is 7.86. The molecule has 1 fully saturated rings. The first-order valence-corrected chi connectivity index (χ1v) is 8.84. The van der Waals surface area contributed by atoms with Crippen molar-refractivity contribution in [2.45, 2.75) is 45.1 Å². The van der Waals surface area contributed by atoms with Gasteiger partial charge in [0, 0.05) is 12.6 Å². The van der Waals surface area contributed by atoms with Crippen LogP contribution in [0.25, 0.3) is 22.4 Å². The van der Waals surface area contributed by atoms with Crippen molar-refractivity contribution in [2.24, 2.45) is 7.05 Å². The molecule has 0 bridgehead atoms. The Balaban J connectivity index is 1.70. The van der Waals surface area contributed by atoms with Crippen molar-refractivity contribution < 1.29 is 22.5 Å². The lowest BCUT2D eigenvalue weighted by atomic mass is 9.85. The lowest BCUT2D eigenvalue weighted by Gasteiger charge is -2.32. The third-order valence-electron chi connectivity index (χ3n) is 5.44. The van der Waals surface area contributed by atoms with Crippen molar-refractivity contribution in [1.82, 2.24) is 19.7 Å². The van der Waals surface area contributed by atoms with Crippen LogP contribution in [0.2, 0.25) is 0 Å². The molecule has 0 spiro atoms. The van der Waals surface area contributed by atoms with Gasteiger partial charge in [0.05, 0.1) is 33.6 Å². The van der Waals surface area contributed by atoms with Crippen LogP contribution in [0.3, 0.4) is 0 Å². The Labute approximate surface area is 160 Å². The van der Waals surface area contributed by atoms with Gasteiger partial charge in [0.25, 0.3) is 0 Å². The van der Waals surface area contributed by atoms with E-state index in [0.717, 1.165) is 11.6 Å². The van der Waals surface area contributed by atoms with Crippen molar-refractivity contribution in [3.05, 3.63) is 30.0 Å². The molecule has 1 aliphatic rings. The summed E-state index contributed by atoms with van der Waals surface area (Å²) in [5.74, 6) is 0. The lowest BCUT2D eigenvalue weighted by molar-refractivity contribution is -0.141. The van der Waals surface area contributed by atoms with Crippen LogP contribution >= 0.6 is 0 Å². The van der Waals surface area contributed by atoms with Crippen molar-refractivity contribution >= 4 is 23.7 Å². The van der Waals surface area contributed by atoms with Crippen LogP contribution in [0.1, 0.15) is 33.4 Å². The van der Waals surface area contributed by atoms with Gasteiger partial charge in [0.15, 0.2) is 5.69 Å². The number of halogens is 3. The maximum atomic E-state index is 12.9. The van der Waals surface area contributed by atoms with Crippen LogP contribution in [0.4, 0.5) is 13.2 Å². The molecular formula is C18H20BF3N4O2. The number of aromatic amines is 1. The molecule has 0 aliphatic carbocycles. The Morgan fingerprint density at radius 1 is 1.07 bits per heavy atom.